The van der Waals surface area contributed by atoms with Crippen molar-refractivity contribution in [3.63, 3.8) is 0 Å². The number of rotatable bonds is 6. The number of ether oxygens (including phenoxy) is 1. The lowest BCUT2D eigenvalue weighted by atomic mass is 10.2. The van der Waals surface area contributed by atoms with Crippen LogP contribution in [-0.4, -0.2) is 38.3 Å². The fourth-order valence-electron chi connectivity index (χ4n) is 2.62. The lowest BCUT2D eigenvalue weighted by Gasteiger charge is -2.35. The number of nitrogen functional groups attached to an aromatic ring is 1. The van der Waals surface area contributed by atoms with Crippen LogP contribution in [0.2, 0.25) is 0 Å². The quantitative estimate of drug-likeness (QED) is 0.422. The molecule has 17 heteroatoms. The predicted octanol–water partition coefficient (Wildman–Crippen LogP) is -3.95. The van der Waals surface area contributed by atoms with Gasteiger partial charge in [-0.3, -0.25) is 14.3 Å². The van der Waals surface area contributed by atoms with Crippen LogP contribution in [-0.2, 0) is 22.9 Å². The van der Waals surface area contributed by atoms with Crippen molar-refractivity contribution < 1.29 is 42.5 Å². The molecule has 0 saturated carbocycles. The van der Waals surface area contributed by atoms with E-state index < -0.39 is 46.2 Å². The van der Waals surface area contributed by atoms with Crippen LogP contribution in [0.25, 0.3) is 11.2 Å². The van der Waals surface area contributed by atoms with Gasteiger partial charge in [-0.05, 0) is 0 Å². The molecule has 150 valence electrons. The third kappa shape index (κ3) is 4.79. The van der Waals surface area contributed by atoms with Crippen LogP contribution in [0.3, 0.4) is 0 Å². The average Bonchev–Trinajstić information content (AvgIpc) is 3.06. The zero-order valence-electron chi connectivity index (χ0n) is 13.1. The smallest absolute Gasteiger partial charge is 0.280 e. The Morgan fingerprint density at radius 1 is 1.33 bits per heavy atom. The largest absolute Gasteiger partial charge is 0.790 e. The first kappa shape index (κ1) is 20.1. The van der Waals surface area contributed by atoms with Gasteiger partial charge in [-0.15, -0.1) is 0 Å². The second-order valence-corrected chi connectivity index (χ2v) is 7.73. The Bertz CT molecular complexity index is 994. The molecule has 0 aromatic carbocycles. The summed E-state index contributed by atoms with van der Waals surface area (Å²) in [5.74, 6) is -0.220. The highest BCUT2D eigenvalue weighted by Gasteiger charge is 2.39. The van der Waals surface area contributed by atoms with Crippen LogP contribution in [0.15, 0.2) is 11.1 Å². The first-order valence-electron chi connectivity index (χ1n) is 7.18. The predicted molar refractivity (Wildman–Crippen MR) is 77.1 cm³/mol. The van der Waals surface area contributed by atoms with Gasteiger partial charge in [0.1, 0.15) is 12.3 Å². The van der Waals surface area contributed by atoms with Crippen LogP contribution in [0.5, 0.6) is 0 Å². The molecule has 2 aromatic heterocycles. The Hall–Kier alpha value is -1.67. The number of phosphoric acid groups is 2. The standard InChI is InChI=1S/C10H15N5O10P2/c11-10-13-8-7(9(16)14-10)12-3-15(8)6-1-4(25-27(20,21)22)5(24-6)2-23-26(17,18)19/h3-6H,1-2H2,(H2,17,18,19)(H2,20,21,22)(H3,11,13,14,16)/p-4/t4-,5+,6+/m0/s1. The fraction of sp³-hybridized carbons (Fsp3) is 0.500. The van der Waals surface area contributed by atoms with E-state index in [0.29, 0.717) is 0 Å². The molecule has 0 aliphatic carbocycles. The summed E-state index contributed by atoms with van der Waals surface area (Å²) in [6.07, 6.45) is -3.02. The van der Waals surface area contributed by atoms with Gasteiger partial charge in [0.25, 0.3) is 5.56 Å². The van der Waals surface area contributed by atoms with E-state index in [1.165, 1.54) is 4.57 Å². The van der Waals surface area contributed by atoms with Crippen molar-refractivity contribution in [1.82, 2.24) is 19.5 Å². The number of hydrogen-bond acceptors (Lipinski definition) is 13. The van der Waals surface area contributed by atoms with Gasteiger partial charge in [0.05, 0.1) is 34.7 Å². The number of anilines is 1. The van der Waals surface area contributed by atoms with Crippen molar-refractivity contribution in [1.29, 1.82) is 0 Å². The van der Waals surface area contributed by atoms with Gasteiger partial charge in [0.2, 0.25) is 5.95 Å². The third-order valence-corrected chi connectivity index (χ3v) is 4.60. The van der Waals surface area contributed by atoms with Gasteiger partial charge in [0, 0.05) is 6.42 Å². The van der Waals surface area contributed by atoms with E-state index in [2.05, 4.69) is 24.0 Å². The Morgan fingerprint density at radius 3 is 2.67 bits per heavy atom. The number of nitrogens with two attached hydrogens (primary N) is 1. The van der Waals surface area contributed by atoms with E-state index in [1.54, 1.807) is 0 Å². The van der Waals surface area contributed by atoms with Crippen molar-refractivity contribution in [3.8, 4) is 0 Å². The summed E-state index contributed by atoms with van der Waals surface area (Å²) < 4.78 is 36.6. The van der Waals surface area contributed by atoms with Crippen molar-refractivity contribution in [2.45, 2.75) is 24.9 Å². The maximum Gasteiger partial charge on any atom is 0.280 e. The van der Waals surface area contributed by atoms with E-state index in [1.807, 2.05) is 0 Å². The van der Waals surface area contributed by atoms with Crippen LogP contribution in [0.1, 0.15) is 12.6 Å². The molecule has 3 N–H and O–H groups in total. The molecular weight excluding hydrogens is 412 g/mol. The molecule has 0 radical (unpaired) electrons. The molecule has 27 heavy (non-hydrogen) atoms. The van der Waals surface area contributed by atoms with E-state index >= 15 is 0 Å². The fourth-order valence-corrected chi connectivity index (χ4v) is 3.50. The zero-order valence-corrected chi connectivity index (χ0v) is 14.9. The van der Waals surface area contributed by atoms with Gasteiger partial charge in [-0.2, -0.15) is 4.98 Å². The van der Waals surface area contributed by atoms with Gasteiger partial charge in [-0.25, -0.2) is 4.98 Å². The minimum atomic E-state index is -5.46. The highest BCUT2D eigenvalue weighted by Crippen LogP contribution is 2.40. The van der Waals surface area contributed by atoms with Gasteiger partial charge in [-0.1, -0.05) is 0 Å². The Kier molecular flexibility index (Phi) is 5.24. The van der Waals surface area contributed by atoms with Crippen molar-refractivity contribution in [2.24, 2.45) is 0 Å². The summed E-state index contributed by atoms with van der Waals surface area (Å²) >= 11 is 0. The first-order valence-corrected chi connectivity index (χ1v) is 10.1. The number of H-pyrrole nitrogens is 1. The van der Waals surface area contributed by atoms with E-state index in [4.69, 9.17) is 10.5 Å². The topological polar surface area (TPSA) is 244 Å². The minimum Gasteiger partial charge on any atom is -0.790 e. The van der Waals surface area contributed by atoms with E-state index in [-0.39, 0.29) is 23.5 Å². The molecule has 1 saturated heterocycles. The number of nitrogens with zero attached hydrogens (tertiary/aromatic N) is 3. The second-order valence-electron chi connectivity index (χ2n) is 5.47. The summed E-state index contributed by atoms with van der Waals surface area (Å²) in [6, 6.07) is 0. The maximum absolute atomic E-state index is 11.8. The number of nitrogens with one attached hydrogen (secondary N) is 1. The molecule has 3 heterocycles. The van der Waals surface area contributed by atoms with Crippen LogP contribution < -0.4 is 30.9 Å². The highest BCUT2D eigenvalue weighted by molar-refractivity contribution is 7.43. The Morgan fingerprint density at radius 2 is 2.04 bits per heavy atom. The molecule has 3 atom stereocenters. The number of aromatic nitrogens is 4. The van der Waals surface area contributed by atoms with Crippen LogP contribution in [0, 0.1) is 0 Å². The monoisotopic (exact) mass is 423 g/mol. The van der Waals surface area contributed by atoms with Gasteiger partial charge < -0.3 is 48.2 Å². The molecule has 3 rings (SSSR count). The van der Waals surface area contributed by atoms with Crippen LogP contribution in [0.4, 0.5) is 5.95 Å². The van der Waals surface area contributed by atoms with E-state index in [9.17, 15) is 33.5 Å². The van der Waals surface area contributed by atoms with Crippen LogP contribution >= 0.6 is 15.6 Å². The molecule has 0 spiro atoms. The summed E-state index contributed by atoms with van der Waals surface area (Å²) in [5.41, 5.74) is 4.74. The maximum atomic E-state index is 11.8. The molecule has 1 aliphatic rings. The average molecular weight is 423 g/mol. The van der Waals surface area contributed by atoms with Gasteiger partial charge in [0.15, 0.2) is 11.2 Å². The zero-order chi connectivity index (χ0) is 20.0. The minimum absolute atomic E-state index is 0.00711. The molecule has 0 amide bonds. The van der Waals surface area contributed by atoms with E-state index in [0.717, 1.165) is 6.33 Å². The second kappa shape index (κ2) is 7.05. The Balaban J connectivity index is 1.90. The van der Waals surface area contributed by atoms with Crippen molar-refractivity contribution in [2.75, 3.05) is 12.3 Å². The highest BCUT2D eigenvalue weighted by atomic mass is 31.2. The number of hydrogen-bond donors (Lipinski definition) is 2. The molecule has 0 bridgehead atoms. The van der Waals surface area contributed by atoms with Crippen molar-refractivity contribution in [3.05, 3.63) is 16.7 Å². The molecule has 2 aromatic rings. The first-order chi connectivity index (χ1) is 12.4. The molecule has 0 unspecified atom stereocenters. The number of imidazole rings is 1. The molecular formula is C10H11N5O10P2-4. The summed E-state index contributed by atoms with van der Waals surface area (Å²) in [4.78, 5) is 64.9. The molecule has 1 aliphatic heterocycles. The summed E-state index contributed by atoms with van der Waals surface area (Å²) in [7, 11) is -10.8. The normalized spacial score (nSPS) is 23.9. The molecule has 15 nitrogen and oxygen atoms in total. The summed E-state index contributed by atoms with van der Waals surface area (Å²) in [5, 5.41) is 0. The van der Waals surface area contributed by atoms with Gasteiger partial charge >= 0.3 is 0 Å². The third-order valence-electron chi connectivity index (χ3n) is 3.60. The molecule has 1 fully saturated rings. The lowest BCUT2D eigenvalue weighted by Crippen LogP contribution is -2.33. The lowest BCUT2D eigenvalue weighted by molar-refractivity contribution is -0.346. The number of phosphoric ester groups is 2. The number of fused-ring (bicyclic) bond motifs is 1. The summed E-state index contributed by atoms with van der Waals surface area (Å²) in [6.45, 7) is -0.881. The SMILES string of the molecule is Nc1nc2c(ncn2[C@H]2C[C@H](OP(=O)([O-])[O-])[C@@H](COP(=O)([O-])[O-])O2)c(=O)[nH]1. The van der Waals surface area contributed by atoms with Crippen molar-refractivity contribution >= 4 is 32.8 Å². The Labute approximate surface area is 149 Å². The number of aromatic amines is 1.